The molecule has 0 heterocycles. The van der Waals surface area contributed by atoms with Crippen molar-refractivity contribution in [3.8, 4) is 11.8 Å². The van der Waals surface area contributed by atoms with E-state index in [2.05, 4.69) is 0 Å². The van der Waals surface area contributed by atoms with Gasteiger partial charge < -0.3 is 0 Å². The second-order valence-electron chi connectivity index (χ2n) is 5.07. The highest BCUT2D eigenvalue weighted by Crippen LogP contribution is 2.58. The van der Waals surface area contributed by atoms with Gasteiger partial charge >= 0.3 is 29.9 Å². The Bertz CT molecular complexity index is 559. The molecule has 0 fully saturated rings. The van der Waals surface area contributed by atoms with Crippen LogP contribution < -0.4 is 0 Å². The third-order valence-electron chi connectivity index (χ3n) is 3.05. The molecule has 0 aromatic rings. The van der Waals surface area contributed by atoms with E-state index < -0.39 is 41.8 Å². The molecule has 0 radical (unpaired) electrons. The lowest BCUT2D eigenvalue weighted by atomic mass is 9.97. The van der Waals surface area contributed by atoms with E-state index in [4.69, 9.17) is 0 Å². The SMILES string of the molecule is CCCCCC#CC=C(F)C(F)(F)C(F)(F)C(F)(F)C(F)(F)C(F)(F)F. The predicted molar refractivity (Wildman–Crippen MR) is 67.0 cm³/mol. The molecule has 0 bridgehead atoms. The molecule has 0 aromatic carbocycles. The Hall–Kier alpha value is -1.54. The monoisotopic (exact) mass is 408 g/mol. The second kappa shape index (κ2) is 8.00. The highest BCUT2D eigenvalue weighted by Gasteiger charge is 2.87. The van der Waals surface area contributed by atoms with Crippen LogP contribution in [0.4, 0.5) is 52.7 Å². The summed E-state index contributed by atoms with van der Waals surface area (Å²) >= 11 is 0. The highest BCUT2D eigenvalue weighted by atomic mass is 19.4. The summed E-state index contributed by atoms with van der Waals surface area (Å²) in [5.74, 6) is -29.1. The van der Waals surface area contributed by atoms with Gasteiger partial charge in [-0.2, -0.15) is 48.3 Å². The quantitative estimate of drug-likeness (QED) is 0.255. The largest absolute Gasteiger partial charge is 0.460 e. The molecule has 152 valence electrons. The van der Waals surface area contributed by atoms with Crippen molar-refractivity contribution in [2.75, 3.05) is 0 Å². The average molecular weight is 408 g/mol. The zero-order valence-electron chi connectivity index (χ0n) is 12.9. The second-order valence-corrected chi connectivity index (χ2v) is 5.07. The summed E-state index contributed by atoms with van der Waals surface area (Å²) < 4.78 is 152. The van der Waals surface area contributed by atoms with Gasteiger partial charge in [0.1, 0.15) is 0 Å². The Morgan fingerprint density at radius 3 is 1.69 bits per heavy atom. The standard InChI is InChI=1S/C14H12F12/c1-2-3-4-5-6-7-8-9(15)10(16,17)11(18,19)12(20,21)13(22,23)14(24,25)26/h8H,2-5H2,1H3. The van der Waals surface area contributed by atoms with Crippen LogP contribution in [0.2, 0.25) is 0 Å². The van der Waals surface area contributed by atoms with E-state index in [0.29, 0.717) is 12.8 Å². The average Bonchev–Trinajstić information content (AvgIpc) is 2.48. The zero-order chi connectivity index (χ0) is 21.0. The minimum absolute atomic E-state index is 0.00187. The van der Waals surface area contributed by atoms with Crippen molar-refractivity contribution >= 4 is 0 Å². The summed E-state index contributed by atoms with van der Waals surface area (Å²) in [6.45, 7) is 1.78. The molecule has 0 N–H and O–H groups in total. The molecule has 0 aromatic heterocycles. The maximum atomic E-state index is 13.2. The van der Waals surface area contributed by atoms with Crippen LogP contribution in [0, 0.1) is 11.8 Å². The summed E-state index contributed by atoms with van der Waals surface area (Å²) in [4.78, 5) is 0. The van der Waals surface area contributed by atoms with Gasteiger partial charge in [0.25, 0.3) is 0 Å². The van der Waals surface area contributed by atoms with E-state index in [9.17, 15) is 52.7 Å². The van der Waals surface area contributed by atoms with Crippen molar-refractivity contribution < 1.29 is 52.7 Å². The van der Waals surface area contributed by atoms with E-state index in [1.807, 2.05) is 5.92 Å². The van der Waals surface area contributed by atoms with Gasteiger partial charge in [0, 0.05) is 12.5 Å². The van der Waals surface area contributed by atoms with Gasteiger partial charge in [-0.3, -0.25) is 0 Å². The molecule has 0 nitrogen and oxygen atoms in total. The molecule has 0 unspecified atom stereocenters. The maximum Gasteiger partial charge on any atom is 0.460 e. The molecule has 0 aliphatic rings. The number of allylic oxidation sites excluding steroid dienone is 2. The van der Waals surface area contributed by atoms with Gasteiger partial charge in [0.05, 0.1) is 0 Å². The summed E-state index contributed by atoms with van der Waals surface area (Å²) in [6, 6.07) is 0. The molecule has 12 heteroatoms. The summed E-state index contributed by atoms with van der Waals surface area (Å²) in [5, 5.41) is 0. The Labute approximate surface area is 140 Å². The van der Waals surface area contributed by atoms with Gasteiger partial charge in [-0.25, -0.2) is 4.39 Å². The molecule has 0 spiro atoms. The van der Waals surface area contributed by atoms with E-state index >= 15 is 0 Å². The summed E-state index contributed by atoms with van der Waals surface area (Å²) in [7, 11) is 0. The minimum atomic E-state index is -7.64. The van der Waals surface area contributed by atoms with Crippen LogP contribution in [-0.2, 0) is 0 Å². The van der Waals surface area contributed by atoms with E-state index in [1.54, 1.807) is 6.92 Å². The van der Waals surface area contributed by atoms with Gasteiger partial charge in [-0.15, -0.1) is 0 Å². The van der Waals surface area contributed by atoms with Gasteiger partial charge in [-0.1, -0.05) is 31.6 Å². The van der Waals surface area contributed by atoms with Crippen molar-refractivity contribution in [1.82, 2.24) is 0 Å². The molecule has 0 saturated carbocycles. The first kappa shape index (κ1) is 24.5. The molecule has 0 rings (SSSR count). The van der Waals surface area contributed by atoms with Crippen molar-refractivity contribution in [3.63, 3.8) is 0 Å². The number of hydrogen-bond donors (Lipinski definition) is 0. The maximum absolute atomic E-state index is 13.2. The van der Waals surface area contributed by atoms with Crippen LogP contribution in [0.25, 0.3) is 0 Å². The smallest absolute Gasteiger partial charge is 0.204 e. The third-order valence-corrected chi connectivity index (χ3v) is 3.05. The molecule has 0 aliphatic heterocycles. The zero-order valence-corrected chi connectivity index (χ0v) is 12.9. The normalized spacial score (nSPS) is 14.9. The molecule has 0 amide bonds. The molecule has 26 heavy (non-hydrogen) atoms. The van der Waals surface area contributed by atoms with Crippen LogP contribution >= 0.6 is 0 Å². The van der Waals surface area contributed by atoms with Crippen molar-refractivity contribution in [2.24, 2.45) is 0 Å². The topological polar surface area (TPSA) is 0 Å². The fourth-order valence-electron chi connectivity index (χ4n) is 1.46. The number of rotatable bonds is 7. The Morgan fingerprint density at radius 1 is 0.769 bits per heavy atom. The van der Waals surface area contributed by atoms with Crippen molar-refractivity contribution in [1.29, 1.82) is 0 Å². The van der Waals surface area contributed by atoms with Crippen molar-refractivity contribution in [2.45, 2.75) is 62.5 Å². The van der Waals surface area contributed by atoms with E-state index in [-0.39, 0.29) is 6.42 Å². The first-order valence-electron chi connectivity index (χ1n) is 6.91. The lowest BCUT2D eigenvalue weighted by molar-refractivity contribution is -0.419. The summed E-state index contributed by atoms with van der Waals surface area (Å²) in [5.41, 5.74) is 0. The predicted octanol–water partition coefficient (Wildman–Crippen LogP) is 6.53. The Balaban J connectivity index is 5.73. The van der Waals surface area contributed by atoms with Crippen LogP contribution in [0.1, 0.15) is 32.6 Å². The third kappa shape index (κ3) is 4.40. The van der Waals surface area contributed by atoms with Crippen LogP contribution in [0.3, 0.4) is 0 Å². The van der Waals surface area contributed by atoms with Crippen LogP contribution in [0.15, 0.2) is 11.9 Å². The lowest BCUT2D eigenvalue weighted by Gasteiger charge is -2.36. The van der Waals surface area contributed by atoms with Crippen molar-refractivity contribution in [3.05, 3.63) is 11.9 Å². The number of halogens is 12. The fraction of sp³-hybridized carbons (Fsp3) is 0.714. The molecule has 0 atom stereocenters. The number of hydrogen-bond acceptors (Lipinski definition) is 0. The molecular weight excluding hydrogens is 396 g/mol. The number of alkyl halides is 11. The fourth-order valence-corrected chi connectivity index (χ4v) is 1.46. The Kier molecular flexibility index (Phi) is 7.53. The van der Waals surface area contributed by atoms with Crippen LogP contribution in [0.5, 0.6) is 0 Å². The minimum Gasteiger partial charge on any atom is -0.204 e. The van der Waals surface area contributed by atoms with E-state index in [1.165, 1.54) is 5.92 Å². The first-order valence-corrected chi connectivity index (χ1v) is 6.91. The van der Waals surface area contributed by atoms with Gasteiger partial charge in [-0.05, 0) is 6.42 Å². The first-order chi connectivity index (χ1) is 11.5. The van der Waals surface area contributed by atoms with Crippen LogP contribution in [-0.4, -0.2) is 29.9 Å². The van der Waals surface area contributed by atoms with Gasteiger partial charge in [0.2, 0.25) is 0 Å². The molecule has 0 saturated heterocycles. The van der Waals surface area contributed by atoms with Gasteiger partial charge in [0.15, 0.2) is 5.83 Å². The Morgan fingerprint density at radius 2 is 1.27 bits per heavy atom. The molecular formula is C14H12F12. The summed E-state index contributed by atoms with van der Waals surface area (Å²) in [6.07, 6.45) is -6.09. The highest BCUT2D eigenvalue weighted by molar-refractivity contribution is 5.25. The number of unbranched alkanes of at least 4 members (excludes halogenated alkanes) is 3. The molecule has 0 aliphatic carbocycles. The van der Waals surface area contributed by atoms with E-state index in [0.717, 1.165) is 6.42 Å². The lowest BCUT2D eigenvalue weighted by Crippen LogP contribution is -2.66.